The lowest BCUT2D eigenvalue weighted by atomic mass is 10.0. The van der Waals surface area contributed by atoms with Gasteiger partial charge in [-0.3, -0.25) is 32.5 Å². The third-order valence-electron chi connectivity index (χ3n) is 16.1. The monoisotopic (exact) mass is 1500 g/mol. The fraction of sp³-hybridized carbons (Fsp3) is 0.621. The maximum Gasteiger partial charge on any atom is 0.472 e. The van der Waals surface area contributed by atoms with Crippen LogP contribution in [0, 0.1) is 0 Å². The smallest absolute Gasteiger partial charge is 0.463 e. The molecule has 5 atom stereocenters. The zero-order chi connectivity index (χ0) is 76.6. The van der Waals surface area contributed by atoms with Gasteiger partial charge in [0, 0.05) is 19.3 Å². The second kappa shape index (κ2) is 78.2. The van der Waals surface area contributed by atoms with Crippen LogP contribution in [0.15, 0.2) is 182 Å². The van der Waals surface area contributed by atoms with E-state index >= 15 is 0 Å². The fourth-order valence-corrected chi connectivity index (χ4v) is 11.7. The molecule has 0 rings (SSSR count). The summed E-state index contributed by atoms with van der Waals surface area (Å²) in [5, 5.41) is 20.7. The molecule has 0 aliphatic carbocycles. The van der Waals surface area contributed by atoms with Crippen LogP contribution in [0.3, 0.4) is 0 Å². The molecule has 0 saturated heterocycles. The van der Waals surface area contributed by atoms with Crippen LogP contribution in [0.5, 0.6) is 0 Å². The first-order valence-electron chi connectivity index (χ1n) is 40.1. The molecule has 5 unspecified atom stereocenters. The molecular weight excluding hydrogens is 1360 g/mol. The van der Waals surface area contributed by atoms with Crippen LogP contribution in [0.25, 0.3) is 0 Å². The predicted octanol–water partition coefficient (Wildman–Crippen LogP) is 23.8. The molecule has 18 heteroatoms. The van der Waals surface area contributed by atoms with Gasteiger partial charge in [-0.25, -0.2) is 9.13 Å². The SMILES string of the molecule is CC/C=C\C/C=C\C/C=C\C/C=C\C/C=C\C/C=C\CCCCCCCCCCCCCCC(=O)OCC(O)COP(=O)(O)OCC(O)COP(=O)(O)OCC(COC(=O)CCCCC/C=C\C/C=C\C/C=C\C/C=C\C/C=C\CC)OC(=O)CCCCCCCC/C=C\C/C=C\C/C=C\C/C=C\CC. The number of rotatable bonds is 74. The summed E-state index contributed by atoms with van der Waals surface area (Å²) in [6.07, 6.45) is 101. The number of unbranched alkanes of at least 4 members (excludes halogenated alkanes) is 21. The van der Waals surface area contributed by atoms with E-state index in [1.54, 1.807) is 0 Å². The molecule has 596 valence electrons. The summed E-state index contributed by atoms with van der Waals surface area (Å²) in [7, 11) is -9.82. The Morgan fingerprint density at radius 1 is 0.267 bits per heavy atom. The molecule has 0 aliphatic heterocycles. The first kappa shape index (κ1) is 99.7. The molecule has 16 nitrogen and oxygen atoms in total. The van der Waals surface area contributed by atoms with Gasteiger partial charge in [0.05, 0.1) is 26.4 Å². The Morgan fingerprint density at radius 3 is 0.762 bits per heavy atom. The normalized spacial score (nSPS) is 14.9. The quantitative estimate of drug-likeness (QED) is 0.0146. The van der Waals surface area contributed by atoms with Crippen molar-refractivity contribution in [1.29, 1.82) is 0 Å². The van der Waals surface area contributed by atoms with Gasteiger partial charge in [-0.1, -0.05) is 299 Å². The highest BCUT2D eigenvalue weighted by molar-refractivity contribution is 7.47. The number of hydrogen-bond acceptors (Lipinski definition) is 14. The van der Waals surface area contributed by atoms with Gasteiger partial charge in [-0.15, -0.1) is 0 Å². The first-order chi connectivity index (χ1) is 51.2. The van der Waals surface area contributed by atoms with Crippen molar-refractivity contribution in [1.82, 2.24) is 0 Å². The van der Waals surface area contributed by atoms with Crippen molar-refractivity contribution in [3.8, 4) is 0 Å². The van der Waals surface area contributed by atoms with Crippen LogP contribution in [-0.2, 0) is 55.8 Å². The second-order valence-electron chi connectivity index (χ2n) is 26.1. The minimum Gasteiger partial charge on any atom is -0.463 e. The largest absolute Gasteiger partial charge is 0.472 e. The summed E-state index contributed by atoms with van der Waals surface area (Å²) < 4.78 is 61.2. The molecule has 0 amide bonds. The average molecular weight is 1510 g/mol. The van der Waals surface area contributed by atoms with E-state index in [4.69, 9.17) is 32.3 Å². The minimum atomic E-state index is -4.95. The van der Waals surface area contributed by atoms with E-state index in [0.717, 1.165) is 180 Å². The lowest BCUT2D eigenvalue weighted by Gasteiger charge is -2.21. The van der Waals surface area contributed by atoms with Crippen LogP contribution in [0.1, 0.15) is 290 Å². The predicted molar refractivity (Wildman–Crippen MR) is 435 cm³/mol. The Kier molecular flexibility index (Phi) is 74.3. The van der Waals surface area contributed by atoms with Gasteiger partial charge in [0.1, 0.15) is 25.4 Å². The van der Waals surface area contributed by atoms with Crippen molar-refractivity contribution >= 4 is 33.6 Å². The number of ether oxygens (including phenoxy) is 3. The molecule has 4 N–H and O–H groups in total. The second-order valence-corrected chi connectivity index (χ2v) is 29.0. The number of carbonyl (C=O) groups is 3. The highest BCUT2D eigenvalue weighted by atomic mass is 31.2. The fourth-order valence-electron chi connectivity index (χ4n) is 10.1. The third kappa shape index (κ3) is 79.5. The van der Waals surface area contributed by atoms with Crippen LogP contribution in [0.2, 0.25) is 0 Å². The molecule has 0 saturated carbocycles. The van der Waals surface area contributed by atoms with E-state index in [9.17, 15) is 43.5 Å². The van der Waals surface area contributed by atoms with E-state index in [2.05, 4.69) is 203 Å². The van der Waals surface area contributed by atoms with Gasteiger partial charge in [0.25, 0.3) is 0 Å². The highest BCUT2D eigenvalue weighted by Gasteiger charge is 2.29. The average Bonchev–Trinajstić information content (AvgIpc) is 0.915. The summed E-state index contributed by atoms with van der Waals surface area (Å²) in [5.74, 6) is -1.64. The molecule has 0 bridgehead atoms. The molecular formula is C87H142O16P2. The van der Waals surface area contributed by atoms with Crippen LogP contribution in [0.4, 0.5) is 0 Å². The van der Waals surface area contributed by atoms with Gasteiger partial charge in [0.15, 0.2) is 6.10 Å². The molecule has 0 heterocycles. The van der Waals surface area contributed by atoms with E-state index in [1.165, 1.54) is 51.4 Å². The zero-order valence-electron chi connectivity index (χ0n) is 65.1. The number of aliphatic hydroxyl groups excluding tert-OH is 2. The van der Waals surface area contributed by atoms with E-state index in [0.29, 0.717) is 19.3 Å². The Hall–Kier alpha value is -5.35. The van der Waals surface area contributed by atoms with Crippen molar-refractivity contribution in [2.45, 2.75) is 309 Å². The molecule has 0 aromatic carbocycles. The number of allylic oxidation sites excluding steroid dienone is 30. The first-order valence-corrected chi connectivity index (χ1v) is 43.1. The van der Waals surface area contributed by atoms with Gasteiger partial charge in [0.2, 0.25) is 0 Å². The van der Waals surface area contributed by atoms with Crippen LogP contribution < -0.4 is 0 Å². The van der Waals surface area contributed by atoms with Crippen molar-refractivity contribution < 1.29 is 75.8 Å². The van der Waals surface area contributed by atoms with Crippen LogP contribution >= 0.6 is 15.6 Å². The maximum absolute atomic E-state index is 13.0. The lowest BCUT2D eigenvalue weighted by molar-refractivity contribution is -0.161. The third-order valence-corrected chi connectivity index (χ3v) is 18.0. The Bertz CT molecular complexity index is 2640. The number of phosphoric ester groups is 2. The molecule has 0 spiro atoms. The van der Waals surface area contributed by atoms with Gasteiger partial charge < -0.3 is 34.2 Å². The Balaban J connectivity index is 4.60. The summed E-state index contributed by atoms with van der Waals surface area (Å²) in [6.45, 7) is 2.27. The summed E-state index contributed by atoms with van der Waals surface area (Å²) in [4.78, 5) is 58.7. The van der Waals surface area contributed by atoms with E-state index < -0.39 is 91.5 Å². The molecule has 0 fully saturated rings. The zero-order valence-corrected chi connectivity index (χ0v) is 66.9. The topological polar surface area (TPSA) is 231 Å². The Labute approximate surface area is 636 Å². The summed E-state index contributed by atoms with van der Waals surface area (Å²) >= 11 is 0. The Morgan fingerprint density at radius 2 is 0.476 bits per heavy atom. The van der Waals surface area contributed by atoms with Gasteiger partial charge >= 0.3 is 33.6 Å². The molecule has 0 radical (unpaired) electrons. The van der Waals surface area contributed by atoms with Crippen LogP contribution in [-0.4, -0.2) is 95.9 Å². The van der Waals surface area contributed by atoms with Crippen molar-refractivity contribution in [2.24, 2.45) is 0 Å². The van der Waals surface area contributed by atoms with E-state index in [-0.39, 0.29) is 19.3 Å². The number of carbonyl (C=O) groups excluding carboxylic acids is 3. The number of hydrogen-bond donors (Lipinski definition) is 4. The van der Waals surface area contributed by atoms with Crippen molar-refractivity contribution in [3.05, 3.63) is 182 Å². The lowest BCUT2D eigenvalue weighted by Crippen LogP contribution is -2.30. The number of phosphoric acid groups is 2. The number of esters is 3. The highest BCUT2D eigenvalue weighted by Crippen LogP contribution is 2.45. The molecule has 0 aromatic heterocycles. The minimum absolute atomic E-state index is 0.0742. The molecule has 0 aromatic rings. The van der Waals surface area contributed by atoms with Gasteiger partial charge in [-0.05, 0) is 154 Å². The van der Waals surface area contributed by atoms with E-state index in [1.807, 2.05) is 0 Å². The summed E-state index contributed by atoms with van der Waals surface area (Å²) in [5.41, 5.74) is 0. The van der Waals surface area contributed by atoms with Crippen molar-refractivity contribution in [3.63, 3.8) is 0 Å². The maximum atomic E-state index is 13.0. The van der Waals surface area contributed by atoms with Crippen molar-refractivity contribution in [2.75, 3.05) is 39.6 Å². The number of aliphatic hydroxyl groups is 2. The molecule has 0 aliphatic rings. The summed E-state index contributed by atoms with van der Waals surface area (Å²) in [6, 6.07) is 0. The molecule has 105 heavy (non-hydrogen) atoms. The standard InChI is InChI=1S/C87H142O16P2/c1-4-7-10-13-16-19-22-25-28-31-34-35-36-37-38-39-40-41-42-43-44-45-48-50-52-55-58-61-64-67-70-73-85(90)97-76-82(88)77-99-104(93,94)100-78-83(89)79-101-105(95,96)102-81-84(103-87(92)75-72-69-66-63-60-57-54-51-47-33-30-27-24-21-18-15-12-9-6-3)80-98-86(91)74-71-68-65-62-59-56-53-49-46-32-29-26-23-20-17-14-11-8-5-2/h7-12,16-21,25-30,34-35,37-38,40-41,46-47,49,51,56,59,82-84,88-89H,4-6,13-15,22-24,31-33,36,39,42-45,48,50,52-55,57-58,60-81H2,1-3H3,(H,93,94)(H,95,96)/b10-7-,11-8-,12-9-,19-16-,20-17-,21-18-,28-25-,29-26-,30-27-,35-34-,38-37-,41-40-,49-46-,51-47-,59-56-. The van der Waals surface area contributed by atoms with Gasteiger partial charge in [-0.2, -0.15) is 0 Å².